The molecule has 2 aliphatic rings. The quantitative estimate of drug-likeness (QED) is 0.497. The maximum Gasteiger partial charge on any atom is 0.214 e. The van der Waals surface area contributed by atoms with Crippen LogP contribution in [0.4, 0.5) is 0 Å². The van der Waals surface area contributed by atoms with E-state index in [0.717, 1.165) is 45.0 Å². The molecule has 7 heteroatoms. The van der Waals surface area contributed by atoms with E-state index in [1.807, 2.05) is 54.4 Å². The van der Waals surface area contributed by atoms with Gasteiger partial charge < -0.3 is 18.6 Å². The van der Waals surface area contributed by atoms with Crippen LogP contribution >= 0.6 is 15.9 Å². The van der Waals surface area contributed by atoms with Gasteiger partial charge in [-0.05, 0) is 55.5 Å². The molecule has 0 radical (unpaired) electrons. The second-order valence-corrected chi connectivity index (χ2v) is 8.24. The van der Waals surface area contributed by atoms with Gasteiger partial charge in [-0.1, -0.05) is 15.9 Å². The summed E-state index contributed by atoms with van der Waals surface area (Å²) in [6.45, 7) is 1.94. The van der Waals surface area contributed by atoms with Gasteiger partial charge >= 0.3 is 0 Å². The van der Waals surface area contributed by atoms with Crippen LogP contribution in [-0.4, -0.2) is 24.9 Å². The minimum atomic E-state index is -0.392. The molecular weight excluding hydrogens is 448 g/mol. The Bertz CT molecular complexity index is 1140. The van der Waals surface area contributed by atoms with Crippen LogP contribution in [0, 0.1) is 6.92 Å². The summed E-state index contributed by atoms with van der Waals surface area (Å²) in [5.41, 5.74) is 2.95. The fourth-order valence-corrected chi connectivity index (χ4v) is 4.40. The van der Waals surface area contributed by atoms with Gasteiger partial charge in [-0.15, -0.1) is 0 Å². The molecule has 154 valence electrons. The first-order chi connectivity index (χ1) is 14.6. The average molecular weight is 469 g/mol. The first kappa shape index (κ1) is 19.1. The van der Waals surface area contributed by atoms with E-state index in [0.29, 0.717) is 11.5 Å². The Labute approximate surface area is 183 Å². The highest BCUT2D eigenvalue weighted by Crippen LogP contribution is 2.49. The SMILES string of the molecule is COc1ccc([C@@H]2Oc3ccc(Br)cc3[C@@H]3CC(c4ccc(C)o4)=NN32)cc1OC. The minimum Gasteiger partial charge on any atom is -0.493 e. The third-order valence-electron chi connectivity index (χ3n) is 5.47. The highest BCUT2D eigenvalue weighted by molar-refractivity contribution is 9.10. The van der Waals surface area contributed by atoms with E-state index in [1.165, 1.54) is 0 Å². The van der Waals surface area contributed by atoms with Crippen molar-refractivity contribution in [3.05, 3.63) is 75.7 Å². The van der Waals surface area contributed by atoms with Gasteiger partial charge in [0.15, 0.2) is 11.5 Å². The molecule has 0 unspecified atom stereocenters. The predicted molar refractivity (Wildman–Crippen MR) is 116 cm³/mol. The van der Waals surface area contributed by atoms with Gasteiger partial charge in [0.2, 0.25) is 6.23 Å². The van der Waals surface area contributed by atoms with Crippen molar-refractivity contribution in [3.8, 4) is 17.2 Å². The smallest absolute Gasteiger partial charge is 0.214 e. The van der Waals surface area contributed by atoms with Gasteiger partial charge in [0.1, 0.15) is 23.0 Å². The molecule has 0 amide bonds. The normalized spacial score (nSPS) is 19.6. The Kier molecular flexibility index (Phi) is 4.70. The summed E-state index contributed by atoms with van der Waals surface area (Å²) in [6, 6.07) is 15.9. The van der Waals surface area contributed by atoms with E-state index in [4.69, 9.17) is 23.7 Å². The van der Waals surface area contributed by atoms with Crippen molar-refractivity contribution in [2.24, 2.45) is 5.10 Å². The van der Waals surface area contributed by atoms with Crippen LogP contribution in [-0.2, 0) is 0 Å². The predicted octanol–water partition coefficient (Wildman–Crippen LogP) is 5.61. The number of halogens is 1. The number of nitrogens with zero attached hydrogens (tertiary/aromatic N) is 2. The van der Waals surface area contributed by atoms with E-state index >= 15 is 0 Å². The third kappa shape index (κ3) is 3.13. The highest BCUT2D eigenvalue weighted by Gasteiger charge is 2.42. The van der Waals surface area contributed by atoms with Crippen LogP contribution in [0.3, 0.4) is 0 Å². The molecule has 0 spiro atoms. The third-order valence-corrected chi connectivity index (χ3v) is 5.96. The molecule has 30 heavy (non-hydrogen) atoms. The van der Waals surface area contributed by atoms with Crippen LogP contribution in [0.2, 0.25) is 0 Å². The van der Waals surface area contributed by atoms with Crippen molar-refractivity contribution in [1.29, 1.82) is 0 Å². The summed E-state index contributed by atoms with van der Waals surface area (Å²) in [7, 11) is 3.26. The Hall–Kier alpha value is -2.93. The number of rotatable bonds is 4. The Morgan fingerprint density at radius 3 is 2.60 bits per heavy atom. The molecule has 1 aromatic heterocycles. The van der Waals surface area contributed by atoms with Gasteiger partial charge in [-0.25, -0.2) is 5.01 Å². The summed E-state index contributed by atoms with van der Waals surface area (Å²) in [6.07, 6.45) is 0.348. The molecule has 0 saturated carbocycles. The van der Waals surface area contributed by atoms with Crippen molar-refractivity contribution in [1.82, 2.24) is 5.01 Å². The standard InChI is InChI=1S/C23H21BrN2O4/c1-13-4-7-20(29-13)17-12-18-16-11-15(24)6-9-19(16)30-23(26(18)25-17)14-5-8-21(27-2)22(10-14)28-3/h4-11,18,23H,12H2,1-3H3/t18-,23-/m0/s1. The first-order valence-corrected chi connectivity index (χ1v) is 10.5. The van der Waals surface area contributed by atoms with Crippen molar-refractivity contribution in [2.45, 2.75) is 25.6 Å². The van der Waals surface area contributed by atoms with Gasteiger partial charge in [-0.2, -0.15) is 5.10 Å². The molecule has 6 nitrogen and oxygen atoms in total. The number of fused-ring (bicyclic) bond motifs is 3. The fraction of sp³-hybridized carbons (Fsp3) is 0.261. The molecule has 0 saturated heterocycles. The van der Waals surface area contributed by atoms with Gasteiger partial charge in [0, 0.05) is 22.0 Å². The molecule has 0 N–H and O–H groups in total. The lowest BCUT2D eigenvalue weighted by molar-refractivity contribution is -0.0192. The number of aryl methyl sites for hydroxylation is 1. The lowest BCUT2D eigenvalue weighted by atomic mass is 9.97. The molecule has 2 aromatic carbocycles. The van der Waals surface area contributed by atoms with Gasteiger partial charge in [0.05, 0.1) is 20.3 Å². The molecule has 0 fully saturated rings. The van der Waals surface area contributed by atoms with E-state index in [9.17, 15) is 0 Å². The number of hydrazone groups is 1. The van der Waals surface area contributed by atoms with Crippen LogP contribution in [0.15, 0.2) is 62.5 Å². The van der Waals surface area contributed by atoms with E-state index in [1.54, 1.807) is 14.2 Å². The maximum absolute atomic E-state index is 6.42. The minimum absolute atomic E-state index is 0.0461. The number of methoxy groups -OCH3 is 2. The monoisotopic (exact) mass is 468 g/mol. The highest BCUT2D eigenvalue weighted by atomic mass is 79.9. The lowest BCUT2D eigenvalue weighted by Crippen LogP contribution is -2.33. The van der Waals surface area contributed by atoms with Crippen LogP contribution in [0.5, 0.6) is 17.2 Å². The second-order valence-electron chi connectivity index (χ2n) is 7.32. The molecule has 2 atom stereocenters. The molecule has 2 aliphatic heterocycles. The van der Waals surface area contributed by atoms with Crippen LogP contribution < -0.4 is 14.2 Å². The number of hydrogen-bond donors (Lipinski definition) is 0. The lowest BCUT2D eigenvalue weighted by Gasteiger charge is -2.38. The first-order valence-electron chi connectivity index (χ1n) is 9.68. The van der Waals surface area contributed by atoms with E-state index in [-0.39, 0.29) is 6.04 Å². The summed E-state index contributed by atoms with van der Waals surface area (Å²) in [5, 5.41) is 6.94. The number of ether oxygens (including phenoxy) is 3. The zero-order chi connectivity index (χ0) is 20.8. The van der Waals surface area contributed by atoms with Crippen LogP contribution in [0.1, 0.15) is 41.3 Å². The zero-order valence-electron chi connectivity index (χ0n) is 16.9. The molecular formula is C23H21BrN2O4. The molecule has 0 aliphatic carbocycles. The molecule has 0 bridgehead atoms. The van der Waals surface area contributed by atoms with Crippen molar-refractivity contribution < 1.29 is 18.6 Å². The van der Waals surface area contributed by atoms with Crippen LogP contribution in [0.25, 0.3) is 0 Å². The molecule has 3 aromatic rings. The average Bonchev–Trinajstić information content (AvgIpc) is 3.39. The van der Waals surface area contributed by atoms with Crippen molar-refractivity contribution in [2.75, 3.05) is 14.2 Å². The van der Waals surface area contributed by atoms with Crippen molar-refractivity contribution >= 4 is 21.6 Å². The van der Waals surface area contributed by atoms with Crippen molar-refractivity contribution in [3.63, 3.8) is 0 Å². The number of hydrogen-bond acceptors (Lipinski definition) is 6. The second kappa shape index (κ2) is 7.40. The van der Waals surface area contributed by atoms with Gasteiger partial charge in [-0.3, -0.25) is 0 Å². The summed E-state index contributed by atoms with van der Waals surface area (Å²) in [4.78, 5) is 0. The Balaban J connectivity index is 1.60. The zero-order valence-corrected chi connectivity index (χ0v) is 18.5. The maximum atomic E-state index is 6.42. The van der Waals surface area contributed by atoms with E-state index in [2.05, 4.69) is 22.0 Å². The Morgan fingerprint density at radius 1 is 1.03 bits per heavy atom. The Morgan fingerprint density at radius 2 is 1.87 bits per heavy atom. The summed E-state index contributed by atoms with van der Waals surface area (Å²) < 4.78 is 24.2. The topological polar surface area (TPSA) is 56.4 Å². The fourth-order valence-electron chi connectivity index (χ4n) is 4.02. The van der Waals surface area contributed by atoms with Gasteiger partial charge in [0.25, 0.3) is 0 Å². The van der Waals surface area contributed by atoms with E-state index < -0.39 is 6.23 Å². The molecule has 3 heterocycles. The number of benzene rings is 2. The number of furan rings is 1. The summed E-state index contributed by atoms with van der Waals surface area (Å²) >= 11 is 3.59. The summed E-state index contributed by atoms with van der Waals surface area (Å²) in [5.74, 6) is 3.85. The molecule has 5 rings (SSSR count). The largest absolute Gasteiger partial charge is 0.493 e.